The maximum absolute atomic E-state index is 12.7. The molecule has 0 radical (unpaired) electrons. The van der Waals surface area contributed by atoms with Crippen LogP contribution in [0.4, 0.5) is 10.5 Å². The number of anilines is 1. The Hall–Kier alpha value is -1.30. The standard InChI is InChI=1S/C16H23N3O5S3/c1-25-14-4-2-3-13(11-14)17-16(20)18-6-8-19(9-7-18)27(23,24)15-5-10-26(21,22)12-15/h2-4,11,15H,5-10,12H2,1H3,(H,17,20). The van der Waals surface area contributed by atoms with Gasteiger partial charge in [-0.05, 0) is 30.9 Å². The van der Waals surface area contributed by atoms with E-state index in [1.165, 1.54) is 4.31 Å². The SMILES string of the molecule is CSc1cccc(NC(=O)N2CCN(S(=O)(=O)C3CCS(=O)(=O)C3)CC2)c1. The summed E-state index contributed by atoms with van der Waals surface area (Å²) in [5.74, 6) is -0.379. The number of hydrogen-bond donors (Lipinski definition) is 1. The lowest BCUT2D eigenvalue weighted by Gasteiger charge is -2.35. The first-order chi connectivity index (χ1) is 12.7. The van der Waals surface area contributed by atoms with Crippen LogP contribution in [0.3, 0.4) is 0 Å². The van der Waals surface area contributed by atoms with E-state index < -0.39 is 25.1 Å². The van der Waals surface area contributed by atoms with E-state index in [1.807, 2.05) is 24.5 Å². The number of carbonyl (C=O) groups is 1. The van der Waals surface area contributed by atoms with Gasteiger partial charge in [-0.25, -0.2) is 21.6 Å². The van der Waals surface area contributed by atoms with E-state index >= 15 is 0 Å². The molecule has 2 aliphatic heterocycles. The Kier molecular flexibility index (Phi) is 6.04. The molecule has 0 saturated carbocycles. The van der Waals surface area contributed by atoms with Crippen molar-refractivity contribution in [2.45, 2.75) is 16.6 Å². The van der Waals surface area contributed by atoms with E-state index in [0.717, 1.165) is 4.90 Å². The lowest BCUT2D eigenvalue weighted by Crippen LogP contribution is -2.53. The van der Waals surface area contributed by atoms with Crippen molar-refractivity contribution in [3.63, 3.8) is 0 Å². The second-order valence-corrected chi connectivity index (χ2v) is 11.9. The highest BCUT2D eigenvalue weighted by Crippen LogP contribution is 2.23. The molecule has 0 aromatic heterocycles. The Bertz CT molecular complexity index is 909. The molecule has 8 nitrogen and oxygen atoms in total. The molecule has 3 rings (SSSR count). The summed E-state index contributed by atoms with van der Waals surface area (Å²) in [6.07, 6.45) is 2.10. The number of sulfone groups is 1. The number of amides is 2. The van der Waals surface area contributed by atoms with Gasteiger partial charge in [0.2, 0.25) is 10.0 Å². The Morgan fingerprint density at radius 1 is 1.22 bits per heavy atom. The summed E-state index contributed by atoms with van der Waals surface area (Å²) < 4.78 is 49.8. The van der Waals surface area contributed by atoms with Crippen molar-refractivity contribution in [1.82, 2.24) is 9.21 Å². The predicted octanol–water partition coefficient (Wildman–Crippen LogP) is 1.07. The fraction of sp³-hybridized carbons (Fsp3) is 0.562. The normalized spacial score (nSPS) is 23.3. The molecule has 1 aromatic carbocycles. The zero-order chi connectivity index (χ0) is 19.7. The number of sulfonamides is 1. The third-order valence-electron chi connectivity index (χ3n) is 4.82. The summed E-state index contributed by atoms with van der Waals surface area (Å²) in [6.45, 7) is 0.897. The molecule has 1 N–H and O–H groups in total. The number of benzene rings is 1. The third kappa shape index (κ3) is 4.76. The van der Waals surface area contributed by atoms with E-state index in [4.69, 9.17) is 0 Å². The van der Waals surface area contributed by atoms with Gasteiger partial charge in [0, 0.05) is 36.8 Å². The average molecular weight is 434 g/mol. The minimum atomic E-state index is -3.66. The number of thioether (sulfide) groups is 1. The molecule has 150 valence electrons. The van der Waals surface area contributed by atoms with Crippen LogP contribution < -0.4 is 5.32 Å². The van der Waals surface area contributed by atoms with E-state index in [9.17, 15) is 21.6 Å². The molecule has 1 atom stereocenters. The fourth-order valence-corrected chi connectivity index (χ4v) is 8.23. The maximum atomic E-state index is 12.7. The van der Waals surface area contributed by atoms with Gasteiger partial charge in [-0.3, -0.25) is 0 Å². The van der Waals surface area contributed by atoms with Gasteiger partial charge in [-0.15, -0.1) is 11.8 Å². The van der Waals surface area contributed by atoms with Crippen LogP contribution in [0.1, 0.15) is 6.42 Å². The minimum absolute atomic E-state index is 0.0750. The highest BCUT2D eigenvalue weighted by atomic mass is 32.2. The molecule has 2 amide bonds. The lowest BCUT2D eigenvalue weighted by atomic mass is 10.3. The molecule has 11 heteroatoms. The van der Waals surface area contributed by atoms with Crippen LogP contribution in [0, 0.1) is 0 Å². The van der Waals surface area contributed by atoms with Crippen LogP contribution in [0.25, 0.3) is 0 Å². The average Bonchev–Trinajstić information content (AvgIpc) is 3.02. The Labute approximate surface area is 164 Å². The van der Waals surface area contributed by atoms with Gasteiger partial charge in [0.15, 0.2) is 9.84 Å². The molecule has 0 aliphatic carbocycles. The maximum Gasteiger partial charge on any atom is 0.321 e. The summed E-state index contributed by atoms with van der Waals surface area (Å²) in [4.78, 5) is 15.0. The molecule has 2 fully saturated rings. The molecule has 2 saturated heterocycles. The third-order valence-corrected chi connectivity index (χ3v) is 9.85. The number of nitrogens with zero attached hydrogens (tertiary/aromatic N) is 2. The molecular weight excluding hydrogens is 410 g/mol. The van der Waals surface area contributed by atoms with Crippen molar-refractivity contribution >= 4 is 43.3 Å². The molecule has 2 aliphatic rings. The highest BCUT2D eigenvalue weighted by molar-refractivity contribution is 7.98. The van der Waals surface area contributed by atoms with Crippen LogP contribution in [0.2, 0.25) is 0 Å². The van der Waals surface area contributed by atoms with Crippen molar-refractivity contribution in [2.75, 3.05) is 49.3 Å². The summed E-state index contributed by atoms with van der Waals surface area (Å²) in [7, 11) is -6.92. The van der Waals surface area contributed by atoms with Gasteiger partial charge in [-0.2, -0.15) is 4.31 Å². The largest absolute Gasteiger partial charge is 0.322 e. The number of hydrogen-bond acceptors (Lipinski definition) is 6. The van der Waals surface area contributed by atoms with Gasteiger partial charge in [-0.1, -0.05) is 6.07 Å². The summed E-state index contributed by atoms with van der Waals surface area (Å²) >= 11 is 1.58. The first-order valence-electron chi connectivity index (χ1n) is 8.61. The van der Waals surface area contributed by atoms with Crippen molar-refractivity contribution in [1.29, 1.82) is 0 Å². The van der Waals surface area contributed by atoms with Crippen molar-refractivity contribution < 1.29 is 21.6 Å². The molecule has 1 aromatic rings. The van der Waals surface area contributed by atoms with Crippen LogP contribution in [-0.4, -0.2) is 81.3 Å². The topological polar surface area (TPSA) is 104 Å². The van der Waals surface area contributed by atoms with Gasteiger partial charge in [0.25, 0.3) is 0 Å². The Balaban J connectivity index is 1.57. The monoisotopic (exact) mass is 433 g/mol. The number of urea groups is 1. The van der Waals surface area contributed by atoms with E-state index in [-0.39, 0.29) is 50.1 Å². The molecule has 1 unspecified atom stereocenters. The minimum Gasteiger partial charge on any atom is -0.322 e. The Morgan fingerprint density at radius 3 is 2.52 bits per heavy atom. The Morgan fingerprint density at radius 2 is 1.93 bits per heavy atom. The van der Waals surface area contributed by atoms with Crippen LogP contribution in [-0.2, 0) is 19.9 Å². The van der Waals surface area contributed by atoms with Crippen molar-refractivity contribution in [3.8, 4) is 0 Å². The van der Waals surface area contributed by atoms with Crippen LogP contribution >= 0.6 is 11.8 Å². The van der Waals surface area contributed by atoms with E-state index in [0.29, 0.717) is 5.69 Å². The summed E-state index contributed by atoms with van der Waals surface area (Å²) in [5, 5.41) is 1.97. The molecule has 0 spiro atoms. The molecular formula is C16H23N3O5S3. The molecule has 27 heavy (non-hydrogen) atoms. The molecule has 0 bridgehead atoms. The van der Waals surface area contributed by atoms with Gasteiger partial charge >= 0.3 is 6.03 Å². The zero-order valence-electron chi connectivity index (χ0n) is 15.0. The summed E-state index contributed by atoms with van der Waals surface area (Å²) in [5.41, 5.74) is 0.693. The smallest absolute Gasteiger partial charge is 0.321 e. The van der Waals surface area contributed by atoms with Crippen LogP contribution in [0.5, 0.6) is 0 Å². The van der Waals surface area contributed by atoms with Gasteiger partial charge in [0.05, 0.1) is 16.8 Å². The number of nitrogens with one attached hydrogen (secondary N) is 1. The first kappa shape index (κ1) is 20.4. The number of rotatable bonds is 4. The van der Waals surface area contributed by atoms with Crippen molar-refractivity contribution in [2.24, 2.45) is 0 Å². The zero-order valence-corrected chi connectivity index (χ0v) is 17.4. The summed E-state index contributed by atoms with van der Waals surface area (Å²) in [6, 6.07) is 7.23. The number of piperazine rings is 1. The van der Waals surface area contributed by atoms with Crippen LogP contribution in [0.15, 0.2) is 29.2 Å². The van der Waals surface area contributed by atoms with E-state index in [1.54, 1.807) is 22.7 Å². The number of carbonyl (C=O) groups excluding carboxylic acids is 1. The fourth-order valence-electron chi connectivity index (χ4n) is 3.26. The predicted molar refractivity (Wildman–Crippen MR) is 106 cm³/mol. The van der Waals surface area contributed by atoms with E-state index in [2.05, 4.69) is 5.32 Å². The second kappa shape index (κ2) is 7.98. The lowest BCUT2D eigenvalue weighted by molar-refractivity contribution is 0.184. The quantitative estimate of drug-likeness (QED) is 0.713. The van der Waals surface area contributed by atoms with Gasteiger partial charge in [0.1, 0.15) is 0 Å². The second-order valence-electron chi connectivity index (χ2n) is 6.62. The highest BCUT2D eigenvalue weighted by Gasteiger charge is 2.41. The first-order valence-corrected chi connectivity index (χ1v) is 13.2. The molecule has 2 heterocycles. The van der Waals surface area contributed by atoms with Gasteiger partial charge < -0.3 is 10.2 Å². The van der Waals surface area contributed by atoms with Crippen molar-refractivity contribution in [3.05, 3.63) is 24.3 Å².